The van der Waals surface area contributed by atoms with Crippen LogP contribution in [0.1, 0.15) is 26.2 Å². The summed E-state index contributed by atoms with van der Waals surface area (Å²) >= 11 is 6.27. The van der Waals surface area contributed by atoms with Gasteiger partial charge in [-0.25, -0.2) is 0 Å². The van der Waals surface area contributed by atoms with Gasteiger partial charge in [0.25, 0.3) is 0 Å². The summed E-state index contributed by atoms with van der Waals surface area (Å²) < 4.78 is 5.76. The van der Waals surface area contributed by atoms with Crippen LogP contribution in [0.2, 0.25) is 0 Å². The van der Waals surface area contributed by atoms with Gasteiger partial charge in [0, 0.05) is 25.0 Å². The molecule has 2 rings (SSSR count). The van der Waals surface area contributed by atoms with E-state index in [2.05, 4.69) is 17.1 Å². The van der Waals surface area contributed by atoms with E-state index in [-0.39, 0.29) is 0 Å². The average molecular weight is 261 g/mol. The van der Waals surface area contributed by atoms with Crippen molar-refractivity contribution < 1.29 is 4.74 Å². The molecule has 1 saturated carbocycles. The van der Waals surface area contributed by atoms with E-state index in [0.717, 1.165) is 39.3 Å². The highest BCUT2D eigenvalue weighted by atomic mass is 35.5. The van der Waals surface area contributed by atoms with E-state index in [1.54, 1.807) is 0 Å². The molecule has 100 valence electrons. The zero-order valence-corrected chi connectivity index (χ0v) is 11.6. The molecule has 3 unspecified atom stereocenters. The third kappa shape index (κ3) is 4.09. The Labute approximate surface area is 110 Å². The number of likely N-dealkylation sites (N-methyl/N-ethyl adjacent to an activating group) is 1. The number of hydrogen-bond acceptors (Lipinski definition) is 3. The van der Waals surface area contributed by atoms with Crippen molar-refractivity contribution in [2.45, 2.75) is 37.7 Å². The van der Waals surface area contributed by atoms with E-state index < -0.39 is 0 Å². The first-order chi connectivity index (χ1) is 8.29. The topological polar surface area (TPSA) is 24.5 Å². The van der Waals surface area contributed by atoms with Crippen molar-refractivity contribution in [2.75, 3.05) is 39.3 Å². The Morgan fingerprint density at radius 1 is 1.35 bits per heavy atom. The molecule has 1 saturated heterocycles. The molecule has 0 bridgehead atoms. The van der Waals surface area contributed by atoms with Crippen LogP contribution in [0.5, 0.6) is 0 Å². The van der Waals surface area contributed by atoms with Crippen molar-refractivity contribution in [2.24, 2.45) is 5.92 Å². The maximum Gasteiger partial charge on any atom is 0.0826 e. The molecule has 2 aliphatic rings. The molecule has 0 spiro atoms. The molecule has 1 aliphatic heterocycles. The monoisotopic (exact) mass is 260 g/mol. The molecule has 0 aromatic heterocycles. The number of alkyl halides is 1. The van der Waals surface area contributed by atoms with Crippen LogP contribution >= 0.6 is 11.6 Å². The second-order valence-corrected chi connectivity index (χ2v) is 5.81. The smallest absolute Gasteiger partial charge is 0.0826 e. The first-order valence-electron chi connectivity index (χ1n) is 6.98. The predicted octanol–water partition coefficient (Wildman–Crippen LogP) is 1.70. The lowest BCUT2D eigenvalue weighted by Gasteiger charge is -2.32. The zero-order chi connectivity index (χ0) is 12.1. The Morgan fingerprint density at radius 3 is 2.94 bits per heavy atom. The largest absolute Gasteiger partial charge is 0.374 e. The molecule has 1 N–H and O–H groups in total. The Morgan fingerprint density at radius 2 is 2.24 bits per heavy atom. The SMILES string of the molecule is CCN1CCOC(CNCC2CCCC2Cl)C1. The van der Waals surface area contributed by atoms with E-state index >= 15 is 0 Å². The Balaban J connectivity index is 1.61. The van der Waals surface area contributed by atoms with Gasteiger partial charge in [-0.3, -0.25) is 4.90 Å². The molecule has 0 radical (unpaired) electrons. The van der Waals surface area contributed by atoms with Crippen LogP contribution in [0.25, 0.3) is 0 Å². The van der Waals surface area contributed by atoms with Crippen LogP contribution in [0, 0.1) is 5.92 Å². The minimum atomic E-state index is 0.360. The van der Waals surface area contributed by atoms with Gasteiger partial charge >= 0.3 is 0 Å². The molecule has 0 amide bonds. The van der Waals surface area contributed by atoms with Gasteiger partial charge in [-0.2, -0.15) is 0 Å². The normalized spacial score (nSPS) is 35.3. The van der Waals surface area contributed by atoms with Gasteiger partial charge in [-0.15, -0.1) is 11.6 Å². The number of ether oxygens (including phenoxy) is 1. The van der Waals surface area contributed by atoms with Gasteiger partial charge in [0.15, 0.2) is 0 Å². The molecular formula is C13H25ClN2O. The molecule has 17 heavy (non-hydrogen) atoms. The molecule has 1 aliphatic carbocycles. The fourth-order valence-corrected chi connectivity index (χ4v) is 3.21. The van der Waals surface area contributed by atoms with Crippen LogP contribution in [0.3, 0.4) is 0 Å². The third-order valence-electron chi connectivity index (χ3n) is 4.01. The highest BCUT2D eigenvalue weighted by molar-refractivity contribution is 6.20. The number of rotatable bonds is 5. The molecule has 4 heteroatoms. The lowest BCUT2D eigenvalue weighted by molar-refractivity contribution is -0.0254. The van der Waals surface area contributed by atoms with Crippen molar-refractivity contribution >= 4 is 11.6 Å². The Bertz CT molecular complexity index is 227. The van der Waals surface area contributed by atoms with Gasteiger partial charge in [0.2, 0.25) is 0 Å². The first kappa shape index (κ1) is 13.6. The van der Waals surface area contributed by atoms with Crippen LogP contribution in [-0.2, 0) is 4.74 Å². The summed E-state index contributed by atoms with van der Waals surface area (Å²) in [5.74, 6) is 0.669. The summed E-state index contributed by atoms with van der Waals surface area (Å²) in [6.45, 7) is 8.40. The summed E-state index contributed by atoms with van der Waals surface area (Å²) in [5.41, 5.74) is 0. The van der Waals surface area contributed by atoms with Gasteiger partial charge in [-0.1, -0.05) is 13.3 Å². The lowest BCUT2D eigenvalue weighted by atomic mass is 10.1. The summed E-state index contributed by atoms with van der Waals surface area (Å²) in [7, 11) is 0. The molecule has 2 fully saturated rings. The molecular weight excluding hydrogens is 236 g/mol. The minimum Gasteiger partial charge on any atom is -0.374 e. The molecule has 0 aromatic carbocycles. The third-order valence-corrected chi connectivity index (χ3v) is 4.59. The fraction of sp³-hybridized carbons (Fsp3) is 1.00. The number of nitrogens with one attached hydrogen (secondary N) is 1. The summed E-state index contributed by atoms with van der Waals surface area (Å²) in [6, 6.07) is 0. The number of halogens is 1. The van der Waals surface area contributed by atoms with E-state index in [9.17, 15) is 0 Å². The summed E-state index contributed by atoms with van der Waals surface area (Å²) in [5, 5.41) is 3.93. The van der Waals surface area contributed by atoms with Crippen LogP contribution in [-0.4, -0.2) is 55.7 Å². The van der Waals surface area contributed by atoms with Crippen molar-refractivity contribution in [1.29, 1.82) is 0 Å². The summed E-state index contributed by atoms with van der Waals surface area (Å²) in [6.07, 6.45) is 4.13. The van der Waals surface area contributed by atoms with Crippen LogP contribution in [0.15, 0.2) is 0 Å². The lowest BCUT2D eigenvalue weighted by Crippen LogP contribution is -2.47. The van der Waals surface area contributed by atoms with E-state index in [0.29, 0.717) is 17.4 Å². The maximum absolute atomic E-state index is 6.27. The highest BCUT2D eigenvalue weighted by Crippen LogP contribution is 2.29. The fourth-order valence-electron chi connectivity index (χ4n) is 2.84. The van der Waals surface area contributed by atoms with Crippen LogP contribution in [0.4, 0.5) is 0 Å². The highest BCUT2D eigenvalue weighted by Gasteiger charge is 2.25. The van der Waals surface area contributed by atoms with E-state index in [4.69, 9.17) is 16.3 Å². The Kier molecular flexibility index (Phi) is 5.54. The second kappa shape index (κ2) is 6.93. The van der Waals surface area contributed by atoms with Crippen molar-refractivity contribution in [1.82, 2.24) is 10.2 Å². The molecule has 0 aromatic rings. The molecule has 1 heterocycles. The quantitative estimate of drug-likeness (QED) is 0.762. The average Bonchev–Trinajstić information content (AvgIpc) is 2.76. The molecule has 3 nitrogen and oxygen atoms in total. The van der Waals surface area contributed by atoms with E-state index in [1.807, 2.05) is 0 Å². The van der Waals surface area contributed by atoms with Gasteiger partial charge in [0.1, 0.15) is 0 Å². The van der Waals surface area contributed by atoms with Gasteiger partial charge in [-0.05, 0) is 31.8 Å². The van der Waals surface area contributed by atoms with E-state index in [1.165, 1.54) is 19.3 Å². The number of morpholine rings is 1. The zero-order valence-electron chi connectivity index (χ0n) is 10.8. The Hall–Kier alpha value is 0.170. The first-order valence-corrected chi connectivity index (χ1v) is 7.42. The van der Waals surface area contributed by atoms with Crippen molar-refractivity contribution in [3.8, 4) is 0 Å². The summed E-state index contributed by atoms with van der Waals surface area (Å²) in [4.78, 5) is 2.45. The van der Waals surface area contributed by atoms with Crippen molar-refractivity contribution in [3.63, 3.8) is 0 Å². The number of nitrogens with zero attached hydrogens (tertiary/aromatic N) is 1. The maximum atomic E-state index is 6.27. The standard InChI is InChI=1S/C13H25ClN2O/c1-2-16-6-7-17-12(10-16)9-15-8-11-4-3-5-13(11)14/h11-13,15H,2-10H2,1H3. The predicted molar refractivity (Wildman–Crippen MR) is 71.7 cm³/mol. The number of hydrogen-bond donors (Lipinski definition) is 1. The van der Waals surface area contributed by atoms with Crippen molar-refractivity contribution in [3.05, 3.63) is 0 Å². The second-order valence-electron chi connectivity index (χ2n) is 5.25. The van der Waals surface area contributed by atoms with Gasteiger partial charge in [0.05, 0.1) is 12.7 Å². The molecule has 3 atom stereocenters. The minimum absolute atomic E-state index is 0.360. The van der Waals surface area contributed by atoms with Gasteiger partial charge < -0.3 is 10.1 Å². The van der Waals surface area contributed by atoms with Crippen LogP contribution < -0.4 is 5.32 Å².